The maximum Gasteiger partial charge on any atom is 0.191 e. The highest BCUT2D eigenvalue weighted by Crippen LogP contribution is 2.24. The van der Waals surface area contributed by atoms with Gasteiger partial charge in [0, 0.05) is 45.0 Å². The summed E-state index contributed by atoms with van der Waals surface area (Å²) in [6.45, 7) is 7.31. The van der Waals surface area contributed by atoms with Crippen LogP contribution in [-0.2, 0) is 11.3 Å². The van der Waals surface area contributed by atoms with Crippen molar-refractivity contribution in [3.63, 3.8) is 0 Å². The standard InChI is InChI=1S/C18H31N3O3/c1-14(2)13-24-10-6-9-20-18(19-3)21-12-15-7-8-16(22-4)11-17(15)23-5/h7-8,11,14H,6,9-10,12-13H2,1-5H3,(H2,19,20,21). The summed E-state index contributed by atoms with van der Waals surface area (Å²) in [5.41, 5.74) is 1.04. The average Bonchev–Trinajstić information content (AvgIpc) is 2.60. The minimum atomic E-state index is 0.576. The molecule has 6 heteroatoms. The second-order valence-electron chi connectivity index (χ2n) is 5.85. The van der Waals surface area contributed by atoms with Gasteiger partial charge in [0.2, 0.25) is 0 Å². The molecule has 0 aliphatic carbocycles. The third kappa shape index (κ3) is 7.55. The Morgan fingerprint density at radius 2 is 1.96 bits per heavy atom. The maximum atomic E-state index is 5.56. The van der Waals surface area contributed by atoms with Crippen molar-refractivity contribution in [2.24, 2.45) is 10.9 Å². The fourth-order valence-electron chi connectivity index (χ4n) is 2.10. The van der Waals surface area contributed by atoms with Crippen LogP contribution in [0.1, 0.15) is 25.8 Å². The summed E-state index contributed by atoms with van der Waals surface area (Å²) in [7, 11) is 5.06. The van der Waals surface area contributed by atoms with Crippen LogP contribution in [0.4, 0.5) is 0 Å². The van der Waals surface area contributed by atoms with Crippen LogP contribution < -0.4 is 20.1 Å². The number of nitrogens with zero attached hydrogens (tertiary/aromatic N) is 1. The first-order valence-electron chi connectivity index (χ1n) is 8.33. The van der Waals surface area contributed by atoms with E-state index in [0.29, 0.717) is 12.5 Å². The van der Waals surface area contributed by atoms with Crippen molar-refractivity contribution in [3.8, 4) is 11.5 Å². The van der Waals surface area contributed by atoms with Gasteiger partial charge < -0.3 is 24.8 Å². The van der Waals surface area contributed by atoms with Gasteiger partial charge in [0.1, 0.15) is 11.5 Å². The van der Waals surface area contributed by atoms with Crippen LogP contribution in [0.25, 0.3) is 0 Å². The van der Waals surface area contributed by atoms with Gasteiger partial charge in [-0.3, -0.25) is 4.99 Å². The number of ether oxygens (including phenoxy) is 3. The Morgan fingerprint density at radius 1 is 1.17 bits per heavy atom. The summed E-state index contributed by atoms with van der Waals surface area (Å²) >= 11 is 0. The summed E-state index contributed by atoms with van der Waals surface area (Å²) in [5.74, 6) is 2.91. The average molecular weight is 337 g/mol. The maximum absolute atomic E-state index is 5.56. The number of rotatable bonds is 10. The van der Waals surface area contributed by atoms with E-state index >= 15 is 0 Å². The highest BCUT2D eigenvalue weighted by molar-refractivity contribution is 5.79. The molecule has 24 heavy (non-hydrogen) atoms. The highest BCUT2D eigenvalue weighted by atomic mass is 16.5. The third-order valence-electron chi connectivity index (χ3n) is 3.37. The molecular weight excluding hydrogens is 306 g/mol. The van der Waals surface area contributed by atoms with Gasteiger partial charge in [0.25, 0.3) is 0 Å². The second-order valence-corrected chi connectivity index (χ2v) is 5.85. The molecule has 0 amide bonds. The van der Waals surface area contributed by atoms with E-state index in [-0.39, 0.29) is 0 Å². The summed E-state index contributed by atoms with van der Waals surface area (Å²) in [5, 5.41) is 6.57. The molecule has 2 N–H and O–H groups in total. The number of nitrogens with one attached hydrogen (secondary N) is 2. The number of methoxy groups -OCH3 is 2. The molecule has 1 aromatic carbocycles. The monoisotopic (exact) mass is 337 g/mol. The predicted molar refractivity (Wildman–Crippen MR) is 98.0 cm³/mol. The zero-order valence-electron chi connectivity index (χ0n) is 15.5. The summed E-state index contributed by atoms with van der Waals surface area (Å²) < 4.78 is 16.2. The number of guanidine groups is 1. The first kappa shape index (κ1) is 20.1. The van der Waals surface area contributed by atoms with Gasteiger partial charge in [-0.1, -0.05) is 13.8 Å². The Balaban J connectivity index is 2.36. The van der Waals surface area contributed by atoms with Gasteiger partial charge in [-0.2, -0.15) is 0 Å². The predicted octanol–water partition coefficient (Wildman–Crippen LogP) is 2.43. The van der Waals surface area contributed by atoms with Gasteiger partial charge in [-0.25, -0.2) is 0 Å². The molecule has 0 unspecified atom stereocenters. The number of aliphatic imine (C=N–C) groups is 1. The van der Waals surface area contributed by atoms with Crippen molar-refractivity contribution < 1.29 is 14.2 Å². The normalized spacial score (nSPS) is 11.5. The van der Waals surface area contributed by atoms with E-state index in [0.717, 1.165) is 49.2 Å². The van der Waals surface area contributed by atoms with E-state index in [9.17, 15) is 0 Å². The first-order chi connectivity index (χ1) is 11.6. The van der Waals surface area contributed by atoms with Crippen LogP contribution >= 0.6 is 0 Å². The van der Waals surface area contributed by atoms with Crippen molar-refractivity contribution in [2.75, 3.05) is 41.0 Å². The van der Waals surface area contributed by atoms with Crippen molar-refractivity contribution in [3.05, 3.63) is 23.8 Å². The van der Waals surface area contributed by atoms with Crippen LogP contribution in [0, 0.1) is 5.92 Å². The molecule has 0 radical (unpaired) electrons. The quantitative estimate of drug-likeness (QED) is 0.390. The minimum Gasteiger partial charge on any atom is -0.497 e. The molecule has 0 saturated carbocycles. The number of hydrogen-bond acceptors (Lipinski definition) is 4. The largest absolute Gasteiger partial charge is 0.497 e. The van der Waals surface area contributed by atoms with E-state index in [1.54, 1.807) is 21.3 Å². The SMILES string of the molecule is CN=C(NCCCOCC(C)C)NCc1ccc(OC)cc1OC. The Kier molecular flexibility index (Phi) is 9.68. The molecule has 0 atom stereocenters. The van der Waals surface area contributed by atoms with Gasteiger partial charge >= 0.3 is 0 Å². The Morgan fingerprint density at radius 3 is 2.58 bits per heavy atom. The summed E-state index contributed by atoms with van der Waals surface area (Å²) in [6.07, 6.45) is 0.944. The molecule has 0 fully saturated rings. The molecule has 0 bridgehead atoms. The molecule has 0 heterocycles. The Labute approximate surface area is 145 Å². The Bertz CT molecular complexity index is 504. The number of benzene rings is 1. The highest BCUT2D eigenvalue weighted by Gasteiger charge is 2.06. The van der Waals surface area contributed by atoms with Crippen molar-refractivity contribution in [1.82, 2.24) is 10.6 Å². The van der Waals surface area contributed by atoms with E-state index in [1.807, 2.05) is 18.2 Å². The minimum absolute atomic E-state index is 0.576. The fraction of sp³-hybridized carbons (Fsp3) is 0.611. The van der Waals surface area contributed by atoms with Crippen LogP contribution in [0.15, 0.2) is 23.2 Å². The summed E-state index contributed by atoms with van der Waals surface area (Å²) in [6, 6.07) is 5.78. The zero-order valence-corrected chi connectivity index (χ0v) is 15.5. The number of hydrogen-bond donors (Lipinski definition) is 2. The molecule has 136 valence electrons. The van der Waals surface area contributed by atoms with Crippen LogP contribution in [0.5, 0.6) is 11.5 Å². The molecule has 0 aromatic heterocycles. The van der Waals surface area contributed by atoms with Crippen LogP contribution in [0.2, 0.25) is 0 Å². The summed E-state index contributed by atoms with van der Waals surface area (Å²) in [4.78, 5) is 4.23. The molecule has 0 spiro atoms. The first-order valence-corrected chi connectivity index (χ1v) is 8.33. The lowest BCUT2D eigenvalue weighted by atomic mass is 10.2. The molecular formula is C18H31N3O3. The van der Waals surface area contributed by atoms with Gasteiger partial charge in [0.15, 0.2) is 5.96 Å². The third-order valence-corrected chi connectivity index (χ3v) is 3.37. The van der Waals surface area contributed by atoms with Crippen LogP contribution in [-0.4, -0.2) is 47.0 Å². The second kappa shape index (κ2) is 11.6. The van der Waals surface area contributed by atoms with Gasteiger partial charge in [-0.05, 0) is 24.5 Å². The van der Waals surface area contributed by atoms with Crippen molar-refractivity contribution >= 4 is 5.96 Å². The van der Waals surface area contributed by atoms with E-state index in [4.69, 9.17) is 14.2 Å². The van der Waals surface area contributed by atoms with Crippen LogP contribution in [0.3, 0.4) is 0 Å². The lowest BCUT2D eigenvalue weighted by Gasteiger charge is -2.14. The molecule has 1 aromatic rings. The van der Waals surface area contributed by atoms with Crippen molar-refractivity contribution in [1.29, 1.82) is 0 Å². The van der Waals surface area contributed by atoms with E-state index in [2.05, 4.69) is 29.5 Å². The lowest BCUT2D eigenvalue weighted by Crippen LogP contribution is -2.37. The van der Waals surface area contributed by atoms with E-state index in [1.165, 1.54) is 0 Å². The van der Waals surface area contributed by atoms with Gasteiger partial charge in [-0.15, -0.1) is 0 Å². The molecule has 0 aliphatic heterocycles. The zero-order chi connectivity index (χ0) is 17.8. The van der Waals surface area contributed by atoms with E-state index < -0.39 is 0 Å². The lowest BCUT2D eigenvalue weighted by molar-refractivity contribution is 0.108. The topological polar surface area (TPSA) is 64.1 Å². The molecule has 0 saturated heterocycles. The molecule has 6 nitrogen and oxygen atoms in total. The fourth-order valence-corrected chi connectivity index (χ4v) is 2.10. The molecule has 0 aliphatic rings. The Hall–Kier alpha value is -1.95. The molecule has 1 rings (SSSR count). The smallest absolute Gasteiger partial charge is 0.191 e. The van der Waals surface area contributed by atoms with Gasteiger partial charge in [0.05, 0.1) is 14.2 Å². The van der Waals surface area contributed by atoms with Crippen molar-refractivity contribution in [2.45, 2.75) is 26.8 Å².